The van der Waals surface area contributed by atoms with Crippen molar-refractivity contribution in [2.24, 2.45) is 0 Å². The molecule has 0 spiro atoms. The van der Waals surface area contributed by atoms with Gasteiger partial charge in [0.1, 0.15) is 0 Å². The van der Waals surface area contributed by atoms with Gasteiger partial charge in [-0.05, 0) is 31.5 Å². The van der Waals surface area contributed by atoms with E-state index in [1.54, 1.807) is 24.3 Å². The highest BCUT2D eigenvalue weighted by molar-refractivity contribution is 9.09. The minimum Gasteiger partial charge on any atom is -0.207 e. The van der Waals surface area contributed by atoms with Crippen molar-refractivity contribution in [3.8, 4) is 0 Å². The molecule has 21 heavy (non-hydrogen) atoms. The van der Waals surface area contributed by atoms with Crippen LogP contribution in [0.4, 0.5) is 0 Å². The second-order valence-corrected chi connectivity index (χ2v) is 7.74. The monoisotopic (exact) mass is 367 g/mol. The maximum atomic E-state index is 12.4. The van der Waals surface area contributed by atoms with Gasteiger partial charge in [0, 0.05) is 6.04 Å². The van der Waals surface area contributed by atoms with Gasteiger partial charge in [-0.3, -0.25) is 0 Å². The SMILES string of the molecule is Cc1ccc(S(=O)(=O)N[C@H](C)[C@@H](Br)c2ccccc2)cc1. The van der Waals surface area contributed by atoms with Crippen molar-refractivity contribution in [2.75, 3.05) is 0 Å². The van der Waals surface area contributed by atoms with Gasteiger partial charge in [0.05, 0.1) is 9.72 Å². The Morgan fingerprint density at radius 1 is 1.00 bits per heavy atom. The number of rotatable bonds is 5. The van der Waals surface area contributed by atoms with Crippen LogP contribution >= 0.6 is 15.9 Å². The maximum absolute atomic E-state index is 12.4. The molecule has 0 amide bonds. The van der Waals surface area contributed by atoms with E-state index in [0.717, 1.165) is 11.1 Å². The first-order valence-corrected chi connectivity index (χ1v) is 9.08. The van der Waals surface area contributed by atoms with Gasteiger partial charge in [-0.15, -0.1) is 0 Å². The molecule has 0 saturated heterocycles. The lowest BCUT2D eigenvalue weighted by atomic mass is 10.1. The smallest absolute Gasteiger partial charge is 0.207 e. The van der Waals surface area contributed by atoms with Crippen LogP contribution < -0.4 is 4.72 Å². The van der Waals surface area contributed by atoms with Crippen molar-refractivity contribution in [3.63, 3.8) is 0 Å². The summed E-state index contributed by atoms with van der Waals surface area (Å²) in [5.74, 6) is 0. The van der Waals surface area contributed by atoms with E-state index in [2.05, 4.69) is 20.7 Å². The maximum Gasteiger partial charge on any atom is 0.240 e. The summed E-state index contributed by atoms with van der Waals surface area (Å²) in [6.07, 6.45) is 0. The molecule has 112 valence electrons. The summed E-state index contributed by atoms with van der Waals surface area (Å²) in [6.45, 7) is 3.77. The van der Waals surface area contributed by atoms with Crippen LogP contribution in [0.25, 0.3) is 0 Å². The fourth-order valence-electron chi connectivity index (χ4n) is 2.02. The zero-order chi connectivity index (χ0) is 15.5. The van der Waals surface area contributed by atoms with Crippen molar-refractivity contribution in [1.82, 2.24) is 4.72 Å². The zero-order valence-corrected chi connectivity index (χ0v) is 14.4. The molecule has 2 atom stereocenters. The van der Waals surface area contributed by atoms with Crippen molar-refractivity contribution in [1.29, 1.82) is 0 Å². The summed E-state index contributed by atoms with van der Waals surface area (Å²) in [5, 5.41) is 0. The predicted octanol–water partition coefficient (Wildman–Crippen LogP) is 3.80. The van der Waals surface area contributed by atoms with Crippen molar-refractivity contribution >= 4 is 26.0 Å². The highest BCUT2D eigenvalue weighted by atomic mass is 79.9. The Labute approximate surface area is 134 Å². The summed E-state index contributed by atoms with van der Waals surface area (Å²) in [7, 11) is -3.51. The first-order chi connectivity index (χ1) is 9.90. The lowest BCUT2D eigenvalue weighted by molar-refractivity contribution is 0.558. The highest BCUT2D eigenvalue weighted by Gasteiger charge is 2.22. The van der Waals surface area contributed by atoms with Gasteiger partial charge in [-0.25, -0.2) is 13.1 Å². The Morgan fingerprint density at radius 3 is 2.14 bits per heavy atom. The van der Waals surface area contributed by atoms with Crippen LogP contribution in [0.1, 0.15) is 22.9 Å². The third-order valence-electron chi connectivity index (χ3n) is 3.23. The van der Waals surface area contributed by atoms with Gasteiger partial charge in [0.2, 0.25) is 10.0 Å². The highest BCUT2D eigenvalue weighted by Crippen LogP contribution is 2.27. The molecule has 0 bridgehead atoms. The molecule has 0 radical (unpaired) electrons. The topological polar surface area (TPSA) is 46.2 Å². The van der Waals surface area contributed by atoms with E-state index < -0.39 is 10.0 Å². The van der Waals surface area contributed by atoms with Crippen molar-refractivity contribution < 1.29 is 8.42 Å². The number of hydrogen-bond donors (Lipinski definition) is 1. The van der Waals surface area contributed by atoms with E-state index in [4.69, 9.17) is 0 Å². The van der Waals surface area contributed by atoms with Crippen LogP contribution in [0.5, 0.6) is 0 Å². The van der Waals surface area contributed by atoms with E-state index in [0.29, 0.717) is 0 Å². The molecule has 5 heteroatoms. The fourth-order valence-corrected chi connectivity index (χ4v) is 3.88. The van der Waals surface area contributed by atoms with Gasteiger partial charge in [0.25, 0.3) is 0 Å². The normalized spacial score (nSPS) is 14.6. The van der Waals surface area contributed by atoms with E-state index >= 15 is 0 Å². The Bertz CT molecular complexity index is 684. The molecule has 0 fully saturated rings. The quantitative estimate of drug-likeness (QED) is 0.816. The molecule has 2 rings (SSSR count). The number of sulfonamides is 1. The van der Waals surface area contributed by atoms with Crippen LogP contribution in [-0.4, -0.2) is 14.5 Å². The van der Waals surface area contributed by atoms with E-state index in [1.165, 1.54) is 0 Å². The van der Waals surface area contributed by atoms with Crippen LogP contribution in [0.3, 0.4) is 0 Å². The largest absolute Gasteiger partial charge is 0.240 e. The molecule has 3 nitrogen and oxygen atoms in total. The summed E-state index contributed by atoms with van der Waals surface area (Å²) in [5.41, 5.74) is 2.07. The molecule has 0 aliphatic carbocycles. The molecule has 0 aliphatic heterocycles. The molecule has 0 saturated carbocycles. The summed E-state index contributed by atoms with van der Waals surface area (Å²) < 4.78 is 27.4. The molecule has 2 aromatic carbocycles. The number of benzene rings is 2. The van der Waals surface area contributed by atoms with E-state index in [9.17, 15) is 8.42 Å². The van der Waals surface area contributed by atoms with Crippen LogP contribution in [-0.2, 0) is 10.0 Å². The average molecular weight is 368 g/mol. The Kier molecular flexibility index (Phi) is 5.19. The molecule has 0 aromatic heterocycles. The zero-order valence-electron chi connectivity index (χ0n) is 12.0. The Morgan fingerprint density at radius 2 is 1.57 bits per heavy atom. The molecule has 0 aliphatic rings. The molecule has 0 heterocycles. The first-order valence-electron chi connectivity index (χ1n) is 6.68. The Hall–Kier alpha value is -1.17. The number of alkyl halides is 1. The number of nitrogens with one attached hydrogen (secondary N) is 1. The molecule has 1 N–H and O–H groups in total. The second-order valence-electron chi connectivity index (χ2n) is 5.04. The minimum absolute atomic E-state index is 0.0843. The van der Waals surface area contributed by atoms with Gasteiger partial charge >= 0.3 is 0 Å². The molecule has 2 aromatic rings. The van der Waals surface area contributed by atoms with E-state index in [1.807, 2.05) is 44.2 Å². The minimum atomic E-state index is -3.51. The number of halogens is 1. The number of hydrogen-bond acceptors (Lipinski definition) is 2. The predicted molar refractivity (Wildman–Crippen MR) is 89.1 cm³/mol. The number of aryl methyl sites for hydroxylation is 1. The van der Waals surface area contributed by atoms with Crippen molar-refractivity contribution in [2.45, 2.75) is 29.6 Å². The third-order valence-corrected chi connectivity index (χ3v) is 6.13. The standard InChI is InChI=1S/C16H18BrNO2S/c1-12-8-10-15(11-9-12)21(19,20)18-13(2)16(17)14-6-4-3-5-7-14/h3-11,13,16,18H,1-2H3/t13-,16-/m1/s1. The second kappa shape index (κ2) is 6.73. The lowest BCUT2D eigenvalue weighted by Crippen LogP contribution is -2.35. The summed E-state index contributed by atoms with van der Waals surface area (Å²) in [6, 6.07) is 16.3. The molecule has 0 unspecified atom stereocenters. The Balaban J connectivity index is 2.14. The van der Waals surface area contributed by atoms with E-state index in [-0.39, 0.29) is 15.8 Å². The third kappa shape index (κ3) is 4.15. The fraction of sp³-hybridized carbons (Fsp3) is 0.250. The van der Waals surface area contributed by atoms with Crippen LogP contribution in [0, 0.1) is 6.92 Å². The van der Waals surface area contributed by atoms with Crippen LogP contribution in [0.15, 0.2) is 59.5 Å². The average Bonchev–Trinajstić information content (AvgIpc) is 2.47. The lowest BCUT2D eigenvalue weighted by Gasteiger charge is -2.20. The molecular formula is C16H18BrNO2S. The van der Waals surface area contributed by atoms with Gasteiger partial charge < -0.3 is 0 Å². The first kappa shape index (κ1) is 16.2. The van der Waals surface area contributed by atoms with Gasteiger partial charge in [0.15, 0.2) is 0 Å². The summed E-state index contributed by atoms with van der Waals surface area (Å²) >= 11 is 3.56. The van der Waals surface area contributed by atoms with Crippen LogP contribution in [0.2, 0.25) is 0 Å². The summed E-state index contributed by atoms with van der Waals surface area (Å²) in [4.78, 5) is 0.201. The molecular weight excluding hydrogens is 350 g/mol. The van der Waals surface area contributed by atoms with Gasteiger partial charge in [-0.2, -0.15) is 0 Å². The van der Waals surface area contributed by atoms with Gasteiger partial charge in [-0.1, -0.05) is 64.0 Å². The van der Waals surface area contributed by atoms with Crippen molar-refractivity contribution in [3.05, 3.63) is 65.7 Å².